The van der Waals surface area contributed by atoms with Crippen LogP contribution in [-0.4, -0.2) is 35.2 Å². The van der Waals surface area contributed by atoms with Gasteiger partial charge in [0, 0.05) is 5.75 Å². The fraction of sp³-hybridized carbons (Fsp3) is 0.867. The summed E-state index contributed by atoms with van der Waals surface area (Å²) in [7, 11) is 0. The molecule has 4 nitrogen and oxygen atoms in total. The van der Waals surface area contributed by atoms with Gasteiger partial charge in [-0.25, -0.2) is 0 Å². The minimum Gasteiger partial charge on any atom is -0.365 e. The summed E-state index contributed by atoms with van der Waals surface area (Å²) in [5, 5.41) is 12.3. The molecule has 112 valence electrons. The SMILES string of the molecule is CC[C@H](OC1CCCCC1)C(=O)N[C@]1(C#N)CCSC1. The van der Waals surface area contributed by atoms with Gasteiger partial charge in [0.05, 0.1) is 12.2 Å². The molecule has 2 fully saturated rings. The number of hydrogen-bond acceptors (Lipinski definition) is 4. The van der Waals surface area contributed by atoms with Crippen LogP contribution in [0.5, 0.6) is 0 Å². The summed E-state index contributed by atoms with van der Waals surface area (Å²) < 4.78 is 5.97. The van der Waals surface area contributed by atoms with Gasteiger partial charge in [-0.15, -0.1) is 0 Å². The highest BCUT2D eigenvalue weighted by molar-refractivity contribution is 7.99. The molecule has 0 unspecified atom stereocenters. The van der Waals surface area contributed by atoms with E-state index in [1.165, 1.54) is 19.3 Å². The normalized spacial score (nSPS) is 28.8. The summed E-state index contributed by atoms with van der Waals surface area (Å²) in [6.45, 7) is 1.97. The van der Waals surface area contributed by atoms with Crippen LogP contribution in [0.2, 0.25) is 0 Å². The number of carbonyl (C=O) groups excluding carboxylic acids is 1. The Hall–Kier alpha value is -0.730. The Morgan fingerprint density at radius 1 is 1.50 bits per heavy atom. The van der Waals surface area contributed by atoms with Gasteiger partial charge in [-0.05, 0) is 31.4 Å². The summed E-state index contributed by atoms with van der Waals surface area (Å²) in [5.41, 5.74) is -0.676. The van der Waals surface area contributed by atoms with Gasteiger partial charge >= 0.3 is 0 Å². The second-order valence-corrected chi connectivity index (χ2v) is 6.88. The predicted octanol–water partition coefficient (Wildman–Crippen LogP) is 2.63. The summed E-state index contributed by atoms with van der Waals surface area (Å²) in [5.74, 6) is 1.52. The zero-order valence-electron chi connectivity index (χ0n) is 12.2. The minimum absolute atomic E-state index is 0.109. The standard InChI is InChI=1S/C15H24N2O2S/c1-2-13(19-12-6-4-3-5-7-12)14(18)17-15(10-16)8-9-20-11-15/h12-13H,2-9,11H2,1H3,(H,17,18)/t13-,15-/m0/s1. The predicted molar refractivity (Wildman–Crippen MR) is 80.5 cm³/mol. The fourth-order valence-electron chi connectivity index (χ4n) is 2.87. The lowest BCUT2D eigenvalue weighted by Gasteiger charge is -2.29. The molecule has 1 amide bonds. The molecular formula is C15H24N2O2S. The van der Waals surface area contributed by atoms with Crippen molar-refractivity contribution in [2.75, 3.05) is 11.5 Å². The Labute approximate surface area is 125 Å². The molecule has 0 spiro atoms. The van der Waals surface area contributed by atoms with E-state index in [9.17, 15) is 10.1 Å². The molecule has 1 aliphatic carbocycles. The van der Waals surface area contributed by atoms with Crippen LogP contribution in [0.25, 0.3) is 0 Å². The van der Waals surface area contributed by atoms with Crippen molar-refractivity contribution in [3.8, 4) is 6.07 Å². The first-order valence-corrected chi connectivity index (χ1v) is 8.81. The molecule has 0 bridgehead atoms. The summed E-state index contributed by atoms with van der Waals surface area (Å²) in [6, 6.07) is 2.28. The topological polar surface area (TPSA) is 62.1 Å². The number of nitriles is 1. The van der Waals surface area contributed by atoms with Crippen LogP contribution in [0.3, 0.4) is 0 Å². The van der Waals surface area contributed by atoms with Crippen LogP contribution >= 0.6 is 11.8 Å². The third-order valence-electron chi connectivity index (χ3n) is 4.17. The molecular weight excluding hydrogens is 272 g/mol. The Morgan fingerprint density at radius 2 is 2.25 bits per heavy atom. The van der Waals surface area contributed by atoms with Gasteiger partial charge in [0.1, 0.15) is 11.6 Å². The molecule has 2 rings (SSSR count). The second-order valence-electron chi connectivity index (χ2n) is 5.78. The molecule has 0 aromatic carbocycles. The van der Waals surface area contributed by atoms with Crippen molar-refractivity contribution in [2.45, 2.75) is 69.6 Å². The van der Waals surface area contributed by atoms with Gasteiger partial charge < -0.3 is 10.1 Å². The van der Waals surface area contributed by atoms with E-state index < -0.39 is 11.6 Å². The van der Waals surface area contributed by atoms with Gasteiger partial charge in [0.15, 0.2) is 0 Å². The van der Waals surface area contributed by atoms with Crippen LogP contribution in [0.15, 0.2) is 0 Å². The molecule has 1 heterocycles. The van der Waals surface area contributed by atoms with Gasteiger partial charge in [-0.2, -0.15) is 17.0 Å². The minimum atomic E-state index is -0.676. The highest BCUT2D eigenvalue weighted by Gasteiger charge is 2.38. The zero-order valence-corrected chi connectivity index (χ0v) is 13.0. The number of ether oxygens (including phenoxy) is 1. The van der Waals surface area contributed by atoms with Gasteiger partial charge in [0.2, 0.25) is 5.91 Å². The maximum Gasteiger partial charge on any atom is 0.250 e. The highest BCUT2D eigenvalue weighted by atomic mass is 32.2. The average molecular weight is 296 g/mol. The molecule has 1 N–H and O–H groups in total. The average Bonchev–Trinajstić information content (AvgIpc) is 2.94. The van der Waals surface area contributed by atoms with E-state index in [0.29, 0.717) is 12.2 Å². The Kier molecular flexibility index (Phi) is 5.74. The monoisotopic (exact) mass is 296 g/mol. The first-order chi connectivity index (χ1) is 9.69. The molecule has 0 aromatic rings. The Balaban J connectivity index is 1.89. The van der Waals surface area contributed by atoms with Crippen molar-refractivity contribution in [1.82, 2.24) is 5.32 Å². The molecule has 20 heavy (non-hydrogen) atoms. The third-order valence-corrected chi connectivity index (χ3v) is 5.36. The lowest BCUT2D eigenvalue weighted by Crippen LogP contribution is -2.52. The first kappa shape index (κ1) is 15.7. The zero-order chi connectivity index (χ0) is 14.4. The number of carbonyl (C=O) groups is 1. The highest BCUT2D eigenvalue weighted by Crippen LogP contribution is 2.28. The fourth-order valence-corrected chi connectivity index (χ4v) is 4.14. The summed E-state index contributed by atoms with van der Waals surface area (Å²) in [4.78, 5) is 12.4. The summed E-state index contributed by atoms with van der Waals surface area (Å²) in [6.07, 6.45) is 6.99. The number of nitrogens with zero attached hydrogens (tertiary/aromatic N) is 1. The van der Waals surface area contributed by atoms with Crippen molar-refractivity contribution in [1.29, 1.82) is 5.26 Å². The van der Waals surface area contributed by atoms with Crippen molar-refractivity contribution >= 4 is 17.7 Å². The smallest absolute Gasteiger partial charge is 0.250 e. The van der Waals surface area contributed by atoms with E-state index in [0.717, 1.165) is 25.0 Å². The van der Waals surface area contributed by atoms with Crippen molar-refractivity contribution < 1.29 is 9.53 Å². The molecule has 0 aromatic heterocycles. The number of hydrogen-bond donors (Lipinski definition) is 1. The lowest BCUT2D eigenvalue weighted by molar-refractivity contribution is -0.139. The maximum atomic E-state index is 12.4. The van der Waals surface area contributed by atoms with Gasteiger partial charge in [0.25, 0.3) is 0 Å². The van der Waals surface area contributed by atoms with E-state index in [4.69, 9.17) is 4.74 Å². The molecule has 1 saturated carbocycles. The Morgan fingerprint density at radius 3 is 2.80 bits per heavy atom. The van der Waals surface area contributed by atoms with Gasteiger partial charge in [-0.1, -0.05) is 26.2 Å². The molecule has 2 atom stereocenters. The van der Waals surface area contributed by atoms with E-state index in [-0.39, 0.29) is 12.0 Å². The largest absolute Gasteiger partial charge is 0.365 e. The maximum absolute atomic E-state index is 12.4. The number of thioether (sulfide) groups is 1. The van der Waals surface area contributed by atoms with Crippen molar-refractivity contribution in [3.05, 3.63) is 0 Å². The molecule has 2 aliphatic rings. The molecule has 0 radical (unpaired) electrons. The van der Waals surface area contributed by atoms with E-state index in [2.05, 4.69) is 11.4 Å². The van der Waals surface area contributed by atoms with E-state index in [1.54, 1.807) is 11.8 Å². The lowest BCUT2D eigenvalue weighted by atomic mass is 9.97. The molecule has 1 aliphatic heterocycles. The summed E-state index contributed by atoms with van der Waals surface area (Å²) >= 11 is 1.72. The second kappa shape index (κ2) is 7.33. The number of nitrogens with one attached hydrogen (secondary N) is 1. The van der Waals surface area contributed by atoms with Crippen LogP contribution < -0.4 is 5.32 Å². The van der Waals surface area contributed by atoms with E-state index in [1.807, 2.05) is 6.92 Å². The van der Waals surface area contributed by atoms with E-state index >= 15 is 0 Å². The number of rotatable bonds is 5. The van der Waals surface area contributed by atoms with Gasteiger partial charge in [-0.3, -0.25) is 4.79 Å². The number of amides is 1. The quantitative estimate of drug-likeness (QED) is 0.847. The van der Waals surface area contributed by atoms with Crippen LogP contribution in [0, 0.1) is 11.3 Å². The first-order valence-electron chi connectivity index (χ1n) is 7.65. The third kappa shape index (κ3) is 3.89. The van der Waals surface area contributed by atoms with Crippen LogP contribution in [-0.2, 0) is 9.53 Å². The Bertz CT molecular complexity index is 369. The van der Waals surface area contributed by atoms with Crippen LogP contribution in [0.4, 0.5) is 0 Å². The van der Waals surface area contributed by atoms with Crippen LogP contribution in [0.1, 0.15) is 51.9 Å². The molecule has 5 heteroatoms. The van der Waals surface area contributed by atoms with Crippen molar-refractivity contribution in [3.63, 3.8) is 0 Å². The van der Waals surface area contributed by atoms with Crippen molar-refractivity contribution in [2.24, 2.45) is 0 Å². The molecule has 1 saturated heterocycles.